The molecular weight excluding hydrogens is 314 g/mol. The molecule has 1 atom stereocenters. The Morgan fingerprint density at radius 1 is 1.35 bits per heavy atom. The minimum Gasteiger partial charge on any atom is -0.444 e. The van der Waals surface area contributed by atoms with Crippen LogP contribution in [0.1, 0.15) is 30.8 Å². The van der Waals surface area contributed by atoms with Crippen LogP contribution < -0.4 is 5.73 Å². The van der Waals surface area contributed by atoms with Crippen LogP contribution in [0, 0.1) is 5.41 Å². The molecule has 1 amide bonds. The van der Waals surface area contributed by atoms with Gasteiger partial charge in [-0.1, -0.05) is 32.0 Å². The topological polar surface area (TPSA) is 72.4 Å². The fourth-order valence-electron chi connectivity index (χ4n) is 2.79. The second-order valence-electron chi connectivity index (χ2n) is 6.51. The molecule has 2 N–H and O–H groups in total. The lowest BCUT2D eigenvalue weighted by Crippen LogP contribution is -2.54. The van der Waals surface area contributed by atoms with Crippen LogP contribution in [0.25, 0.3) is 11.5 Å². The third kappa shape index (κ3) is 3.57. The zero-order valence-electron chi connectivity index (χ0n) is 13.4. The maximum atomic E-state index is 12.6. The normalized spacial score (nSPS) is 20.0. The summed E-state index contributed by atoms with van der Waals surface area (Å²) in [5.41, 5.74) is 7.25. The lowest BCUT2D eigenvalue weighted by molar-refractivity contribution is 0.0527. The summed E-state index contributed by atoms with van der Waals surface area (Å²) in [6, 6.07) is 9.68. The van der Waals surface area contributed by atoms with Crippen molar-refractivity contribution in [3.63, 3.8) is 0 Å². The molecule has 0 aliphatic carbocycles. The highest BCUT2D eigenvalue weighted by molar-refractivity contribution is 5.92. The quantitative estimate of drug-likeness (QED) is 0.915. The van der Waals surface area contributed by atoms with Gasteiger partial charge in [0.15, 0.2) is 5.69 Å². The summed E-state index contributed by atoms with van der Waals surface area (Å²) in [5, 5.41) is 0. The Labute approximate surface area is 142 Å². The van der Waals surface area contributed by atoms with E-state index >= 15 is 0 Å². The lowest BCUT2D eigenvalue weighted by atomic mass is 9.79. The van der Waals surface area contributed by atoms with Gasteiger partial charge in [-0.2, -0.15) is 0 Å². The van der Waals surface area contributed by atoms with E-state index in [2.05, 4.69) is 18.8 Å². The molecular formula is C17H22ClN3O2. The largest absolute Gasteiger partial charge is 0.444 e. The molecule has 6 heteroatoms. The molecule has 1 fully saturated rings. The van der Waals surface area contributed by atoms with Crippen molar-refractivity contribution in [1.29, 1.82) is 0 Å². The average Bonchev–Trinajstić information content (AvgIpc) is 3.00. The Hall–Kier alpha value is -1.85. The van der Waals surface area contributed by atoms with Crippen molar-refractivity contribution < 1.29 is 9.21 Å². The number of rotatable bonds is 2. The number of likely N-dealkylation sites (tertiary alicyclic amines) is 1. The maximum absolute atomic E-state index is 12.6. The number of benzene rings is 1. The monoisotopic (exact) mass is 335 g/mol. The molecule has 1 aromatic heterocycles. The summed E-state index contributed by atoms with van der Waals surface area (Å²) >= 11 is 0. The summed E-state index contributed by atoms with van der Waals surface area (Å²) in [6.45, 7) is 5.49. The van der Waals surface area contributed by atoms with Gasteiger partial charge in [-0.05, 0) is 24.0 Å². The predicted octanol–water partition coefficient (Wildman–Crippen LogP) is 2.96. The molecule has 2 aromatic rings. The Morgan fingerprint density at radius 3 is 2.70 bits per heavy atom. The molecule has 1 unspecified atom stereocenters. The number of carbonyl (C=O) groups excluding carboxylic acids is 1. The molecule has 5 nitrogen and oxygen atoms in total. The van der Waals surface area contributed by atoms with Crippen molar-refractivity contribution in [3.05, 3.63) is 42.3 Å². The number of halogens is 1. The van der Waals surface area contributed by atoms with Gasteiger partial charge in [0.2, 0.25) is 5.89 Å². The van der Waals surface area contributed by atoms with Gasteiger partial charge in [-0.3, -0.25) is 4.79 Å². The highest BCUT2D eigenvalue weighted by Crippen LogP contribution is 2.29. The van der Waals surface area contributed by atoms with Crippen LogP contribution in [0.4, 0.5) is 0 Å². The maximum Gasteiger partial charge on any atom is 0.275 e. The molecule has 1 aromatic carbocycles. The van der Waals surface area contributed by atoms with Crippen molar-refractivity contribution in [3.8, 4) is 11.5 Å². The number of amides is 1. The first-order valence-corrected chi connectivity index (χ1v) is 7.53. The Bertz CT molecular complexity index is 669. The fraction of sp³-hybridized carbons (Fsp3) is 0.412. The Balaban J connectivity index is 0.00000192. The van der Waals surface area contributed by atoms with E-state index in [-0.39, 0.29) is 29.8 Å². The molecule has 23 heavy (non-hydrogen) atoms. The van der Waals surface area contributed by atoms with E-state index < -0.39 is 0 Å². The van der Waals surface area contributed by atoms with Crippen molar-refractivity contribution in [2.24, 2.45) is 11.1 Å². The second-order valence-corrected chi connectivity index (χ2v) is 6.51. The lowest BCUT2D eigenvalue weighted by Gasteiger charge is -2.42. The Kier molecular flexibility index (Phi) is 5.12. The zero-order chi connectivity index (χ0) is 15.7. The summed E-state index contributed by atoms with van der Waals surface area (Å²) in [5.74, 6) is 0.378. The van der Waals surface area contributed by atoms with Crippen LogP contribution in [-0.4, -0.2) is 34.9 Å². The third-order valence-corrected chi connectivity index (χ3v) is 4.34. The van der Waals surface area contributed by atoms with E-state index in [9.17, 15) is 4.79 Å². The summed E-state index contributed by atoms with van der Waals surface area (Å²) in [7, 11) is 0. The second kappa shape index (κ2) is 6.72. The van der Waals surface area contributed by atoms with Crippen LogP contribution in [0.2, 0.25) is 0 Å². The molecule has 2 heterocycles. The first kappa shape index (κ1) is 17.5. The smallest absolute Gasteiger partial charge is 0.275 e. The minimum atomic E-state index is -0.0918. The number of nitrogens with two attached hydrogens (primary N) is 1. The standard InChI is InChI=1S/C17H21N3O2.ClH/c1-17(2)11-20(9-8-14(17)18)16(21)13-10-22-15(19-13)12-6-4-3-5-7-12;/h3-7,10,14H,8-9,11,18H2,1-2H3;1H. The van der Waals surface area contributed by atoms with E-state index in [0.717, 1.165) is 12.0 Å². The zero-order valence-corrected chi connectivity index (χ0v) is 14.2. The van der Waals surface area contributed by atoms with Crippen LogP contribution in [0.15, 0.2) is 41.0 Å². The number of nitrogens with zero attached hydrogens (tertiary/aromatic N) is 2. The van der Waals surface area contributed by atoms with Gasteiger partial charge in [0.25, 0.3) is 5.91 Å². The van der Waals surface area contributed by atoms with Gasteiger partial charge < -0.3 is 15.1 Å². The van der Waals surface area contributed by atoms with Crippen molar-refractivity contribution in [2.45, 2.75) is 26.3 Å². The molecule has 0 spiro atoms. The van der Waals surface area contributed by atoms with Crippen LogP contribution in [0.5, 0.6) is 0 Å². The number of carbonyl (C=O) groups is 1. The SMILES string of the molecule is CC1(C)CN(C(=O)c2coc(-c3ccccc3)n2)CCC1N.Cl. The number of aromatic nitrogens is 1. The van der Waals surface area contributed by atoms with Gasteiger partial charge >= 0.3 is 0 Å². The fourth-order valence-corrected chi connectivity index (χ4v) is 2.79. The van der Waals surface area contributed by atoms with Gasteiger partial charge in [0, 0.05) is 24.7 Å². The molecule has 1 aliphatic rings. The Morgan fingerprint density at radius 2 is 2.04 bits per heavy atom. The van der Waals surface area contributed by atoms with E-state index in [1.54, 1.807) is 0 Å². The van der Waals surface area contributed by atoms with Crippen molar-refractivity contribution >= 4 is 18.3 Å². The number of hydrogen-bond acceptors (Lipinski definition) is 4. The number of oxazole rings is 1. The molecule has 3 rings (SSSR count). The summed E-state index contributed by atoms with van der Waals surface area (Å²) < 4.78 is 5.45. The number of hydrogen-bond donors (Lipinski definition) is 1. The third-order valence-electron chi connectivity index (χ3n) is 4.34. The summed E-state index contributed by atoms with van der Waals surface area (Å²) in [6.07, 6.45) is 2.24. The van der Waals surface area contributed by atoms with Crippen molar-refractivity contribution in [2.75, 3.05) is 13.1 Å². The van der Waals surface area contributed by atoms with Crippen molar-refractivity contribution in [1.82, 2.24) is 9.88 Å². The van der Waals surface area contributed by atoms with Crippen LogP contribution >= 0.6 is 12.4 Å². The summed E-state index contributed by atoms with van der Waals surface area (Å²) in [4.78, 5) is 18.8. The first-order chi connectivity index (χ1) is 10.5. The first-order valence-electron chi connectivity index (χ1n) is 7.53. The van der Waals surface area contributed by atoms with E-state index in [4.69, 9.17) is 10.2 Å². The average molecular weight is 336 g/mol. The van der Waals surface area contributed by atoms with Gasteiger partial charge in [-0.25, -0.2) is 4.98 Å². The van der Waals surface area contributed by atoms with E-state index in [1.807, 2.05) is 35.2 Å². The molecule has 1 saturated heterocycles. The molecule has 1 aliphatic heterocycles. The van der Waals surface area contributed by atoms with E-state index in [1.165, 1.54) is 6.26 Å². The van der Waals surface area contributed by atoms with Crippen LogP contribution in [-0.2, 0) is 0 Å². The molecule has 0 radical (unpaired) electrons. The van der Waals surface area contributed by atoms with Crippen LogP contribution in [0.3, 0.4) is 0 Å². The molecule has 0 saturated carbocycles. The molecule has 124 valence electrons. The highest BCUT2D eigenvalue weighted by Gasteiger charge is 2.36. The minimum absolute atomic E-state index is 0. The van der Waals surface area contributed by atoms with Gasteiger partial charge in [0.05, 0.1) is 0 Å². The number of piperidine rings is 1. The predicted molar refractivity (Wildman–Crippen MR) is 91.5 cm³/mol. The highest BCUT2D eigenvalue weighted by atomic mass is 35.5. The van der Waals surface area contributed by atoms with Gasteiger partial charge in [0.1, 0.15) is 6.26 Å². The molecule has 0 bridgehead atoms. The van der Waals surface area contributed by atoms with Gasteiger partial charge in [-0.15, -0.1) is 12.4 Å². The van der Waals surface area contributed by atoms with E-state index in [0.29, 0.717) is 24.7 Å².